The van der Waals surface area contributed by atoms with Crippen molar-refractivity contribution in [1.82, 2.24) is 15.5 Å². The zero-order valence-electron chi connectivity index (χ0n) is 14.0. The Labute approximate surface area is 132 Å². The highest BCUT2D eigenvalue weighted by Gasteiger charge is 2.23. The van der Waals surface area contributed by atoms with Crippen LogP contribution >= 0.6 is 0 Å². The lowest BCUT2D eigenvalue weighted by molar-refractivity contribution is 0.0897. The third-order valence-corrected chi connectivity index (χ3v) is 4.45. The molecule has 1 aliphatic rings. The van der Waals surface area contributed by atoms with Gasteiger partial charge in [0.1, 0.15) is 5.69 Å². The molecule has 1 aliphatic carbocycles. The van der Waals surface area contributed by atoms with Crippen LogP contribution in [0.15, 0.2) is 6.07 Å². The molecule has 3 N–H and O–H groups in total. The molecule has 5 nitrogen and oxygen atoms in total. The number of nitrogens with one attached hydrogen (secondary N) is 2. The summed E-state index contributed by atoms with van der Waals surface area (Å²) in [5, 5.41) is 19.6. The fraction of sp³-hybridized carbons (Fsp3) is 0.765. The smallest absolute Gasteiger partial charge is 0.271 e. The van der Waals surface area contributed by atoms with Crippen LogP contribution in [0.5, 0.6) is 0 Å². The van der Waals surface area contributed by atoms with E-state index in [0.717, 1.165) is 5.69 Å². The van der Waals surface area contributed by atoms with Gasteiger partial charge < -0.3 is 10.4 Å². The van der Waals surface area contributed by atoms with Gasteiger partial charge in [-0.05, 0) is 37.7 Å². The average Bonchev–Trinajstić information content (AvgIpc) is 2.94. The summed E-state index contributed by atoms with van der Waals surface area (Å²) in [6, 6.07) is 1.90. The molecule has 0 aliphatic heterocycles. The highest BCUT2D eigenvalue weighted by atomic mass is 16.3. The molecule has 1 atom stereocenters. The molecular weight excluding hydrogens is 278 g/mol. The van der Waals surface area contributed by atoms with Crippen molar-refractivity contribution in [3.05, 3.63) is 17.5 Å². The lowest BCUT2D eigenvalue weighted by atomic mass is 9.86. The van der Waals surface area contributed by atoms with Crippen LogP contribution < -0.4 is 5.32 Å². The Kier molecular flexibility index (Phi) is 5.62. The molecule has 0 saturated heterocycles. The second-order valence-corrected chi connectivity index (χ2v) is 7.44. The Morgan fingerprint density at radius 3 is 2.77 bits per heavy atom. The fourth-order valence-electron chi connectivity index (χ4n) is 3.36. The highest BCUT2D eigenvalue weighted by Crippen LogP contribution is 2.31. The van der Waals surface area contributed by atoms with E-state index in [9.17, 15) is 9.90 Å². The van der Waals surface area contributed by atoms with E-state index in [1.54, 1.807) is 6.92 Å². The summed E-state index contributed by atoms with van der Waals surface area (Å²) < 4.78 is 0. The summed E-state index contributed by atoms with van der Waals surface area (Å²) in [7, 11) is 0. The molecule has 5 heteroatoms. The molecule has 1 unspecified atom stereocenters. The number of aromatic amines is 1. The van der Waals surface area contributed by atoms with Crippen molar-refractivity contribution in [2.24, 2.45) is 5.41 Å². The van der Waals surface area contributed by atoms with Gasteiger partial charge in [0.2, 0.25) is 0 Å². The summed E-state index contributed by atoms with van der Waals surface area (Å²) in [6.45, 7) is 6.38. The minimum Gasteiger partial charge on any atom is -0.393 e. The number of hydrogen-bond acceptors (Lipinski definition) is 3. The molecule has 1 amide bonds. The van der Waals surface area contributed by atoms with Crippen molar-refractivity contribution in [2.45, 2.75) is 71.3 Å². The Morgan fingerprint density at radius 1 is 1.45 bits per heavy atom. The van der Waals surface area contributed by atoms with Crippen LogP contribution in [0.4, 0.5) is 0 Å². The monoisotopic (exact) mass is 307 g/mol. The van der Waals surface area contributed by atoms with Crippen LogP contribution in [0.25, 0.3) is 0 Å². The number of aromatic nitrogens is 2. The Morgan fingerprint density at radius 2 is 2.14 bits per heavy atom. The molecular formula is C17H29N3O2. The van der Waals surface area contributed by atoms with Gasteiger partial charge in [-0.25, -0.2) is 0 Å². The minimum atomic E-state index is -0.366. The predicted molar refractivity (Wildman–Crippen MR) is 86.8 cm³/mol. The second-order valence-electron chi connectivity index (χ2n) is 7.44. The lowest BCUT2D eigenvalue weighted by Gasteiger charge is -2.26. The first-order valence-corrected chi connectivity index (χ1v) is 8.39. The van der Waals surface area contributed by atoms with Crippen molar-refractivity contribution in [1.29, 1.82) is 0 Å². The van der Waals surface area contributed by atoms with Gasteiger partial charge in [0, 0.05) is 18.2 Å². The normalized spacial score (nSPS) is 18.2. The van der Waals surface area contributed by atoms with E-state index < -0.39 is 0 Å². The van der Waals surface area contributed by atoms with E-state index in [1.807, 2.05) is 19.9 Å². The van der Waals surface area contributed by atoms with E-state index in [2.05, 4.69) is 15.5 Å². The SMILES string of the molecule is CC(O)CC(C)(C)CNC(=O)c1cc(C2CCCCC2)[nH]n1. The maximum absolute atomic E-state index is 12.2. The van der Waals surface area contributed by atoms with Gasteiger partial charge in [0.15, 0.2) is 0 Å². The molecule has 1 fully saturated rings. The Balaban J connectivity index is 1.89. The van der Waals surface area contributed by atoms with E-state index >= 15 is 0 Å². The van der Waals surface area contributed by atoms with Crippen molar-refractivity contribution >= 4 is 5.91 Å². The average molecular weight is 307 g/mol. The molecule has 1 saturated carbocycles. The van der Waals surface area contributed by atoms with Gasteiger partial charge >= 0.3 is 0 Å². The van der Waals surface area contributed by atoms with Crippen molar-refractivity contribution in [3.63, 3.8) is 0 Å². The van der Waals surface area contributed by atoms with Crippen LogP contribution in [0.1, 0.15) is 81.4 Å². The number of rotatable bonds is 6. The van der Waals surface area contributed by atoms with E-state index in [-0.39, 0.29) is 17.4 Å². The summed E-state index contributed by atoms with van der Waals surface area (Å²) in [6.07, 6.45) is 6.50. The van der Waals surface area contributed by atoms with Gasteiger partial charge in [-0.3, -0.25) is 9.89 Å². The Hall–Kier alpha value is -1.36. The van der Waals surface area contributed by atoms with Crippen molar-refractivity contribution in [2.75, 3.05) is 6.54 Å². The Bertz CT molecular complexity index is 488. The molecule has 1 aromatic heterocycles. The maximum Gasteiger partial charge on any atom is 0.271 e. The van der Waals surface area contributed by atoms with Gasteiger partial charge in [-0.2, -0.15) is 5.10 Å². The van der Waals surface area contributed by atoms with E-state index in [4.69, 9.17) is 0 Å². The molecule has 1 aromatic rings. The minimum absolute atomic E-state index is 0.133. The number of amides is 1. The molecule has 0 spiro atoms. The number of aliphatic hydroxyl groups is 1. The fourth-order valence-corrected chi connectivity index (χ4v) is 3.36. The number of carbonyl (C=O) groups excluding carboxylic acids is 1. The number of hydrogen-bond donors (Lipinski definition) is 3. The molecule has 0 radical (unpaired) electrons. The lowest BCUT2D eigenvalue weighted by Crippen LogP contribution is -2.35. The van der Waals surface area contributed by atoms with Crippen molar-refractivity contribution in [3.8, 4) is 0 Å². The zero-order chi connectivity index (χ0) is 16.2. The quantitative estimate of drug-likeness (QED) is 0.756. The maximum atomic E-state index is 12.2. The van der Waals surface area contributed by atoms with Gasteiger partial charge in [-0.1, -0.05) is 33.1 Å². The third kappa shape index (κ3) is 4.83. The zero-order valence-corrected chi connectivity index (χ0v) is 14.0. The van der Waals surface area contributed by atoms with Gasteiger partial charge in [0.05, 0.1) is 6.10 Å². The number of nitrogens with zero attached hydrogens (tertiary/aromatic N) is 1. The van der Waals surface area contributed by atoms with Gasteiger partial charge in [-0.15, -0.1) is 0 Å². The first kappa shape index (κ1) is 17.0. The van der Waals surface area contributed by atoms with Crippen LogP contribution in [0.3, 0.4) is 0 Å². The number of aliphatic hydroxyl groups excluding tert-OH is 1. The predicted octanol–water partition coefficient (Wildman–Crippen LogP) is 2.98. The molecule has 0 bridgehead atoms. The van der Waals surface area contributed by atoms with Crippen LogP contribution in [0.2, 0.25) is 0 Å². The van der Waals surface area contributed by atoms with Crippen LogP contribution in [0, 0.1) is 5.41 Å². The first-order chi connectivity index (χ1) is 10.4. The summed E-state index contributed by atoms with van der Waals surface area (Å²) >= 11 is 0. The van der Waals surface area contributed by atoms with Gasteiger partial charge in [0.25, 0.3) is 5.91 Å². The molecule has 124 valence electrons. The topological polar surface area (TPSA) is 78.0 Å². The number of carbonyl (C=O) groups is 1. The molecule has 22 heavy (non-hydrogen) atoms. The molecule has 1 heterocycles. The largest absolute Gasteiger partial charge is 0.393 e. The summed E-state index contributed by atoms with van der Waals surface area (Å²) in [5.41, 5.74) is 1.42. The summed E-state index contributed by atoms with van der Waals surface area (Å²) in [5.74, 6) is 0.381. The van der Waals surface area contributed by atoms with E-state index in [1.165, 1.54) is 32.1 Å². The summed E-state index contributed by atoms with van der Waals surface area (Å²) in [4.78, 5) is 12.2. The second kappa shape index (κ2) is 7.27. The molecule has 0 aromatic carbocycles. The third-order valence-electron chi connectivity index (χ3n) is 4.45. The first-order valence-electron chi connectivity index (χ1n) is 8.39. The number of H-pyrrole nitrogens is 1. The van der Waals surface area contributed by atoms with Crippen LogP contribution in [-0.2, 0) is 0 Å². The van der Waals surface area contributed by atoms with Crippen LogP contribution in [-0.4, -0.2) is 33.9 Å². The standard InChI is InChI=1S/C17H29N3O2/c1-12(21)10-17(2,3)11-18-16(22)15-9-14(19-20-15)13-7-5-4-6-8-13/h9,12-13,21H,4-8,10-11H2,1-3H3,(H,18,22)(H,19,20). The highest BCUT2D eigenvalue weighted by molar-refractivity contribution is 5.92. The van der Waals surface area contributed by atoms with E-state index in [0.29, 0.717) is 24.6 Å². The van der Waals surface area contributed by atoms with Crippen molar-refractivity contribution < 1.29 is 9.90 Å². The molecule has 2 rings (SSSR count).